The third-order valence-corrected chi connectivity index (χ3v) is 11.6. The molecule has 4 atom stereocenters. The van der Waals surface area contributed by atoms with Gasteiger partial charge in [-0.2, -0.15) is 0 Å². The number of amides is 3. The zero-order valence-electron chi connectivity index (χ0n) is 35.9. The Morgan fingerprint density at radius 1 is 0.870 bits per heavy atom. The van der Waals surface area contributed by atoms with Crippen molar-refractivity contribution in [2.75, 3.05) is 101 Å². The summed E-state index contributed by atoms with van der Waals surface area (Å²) >= 11 is 0. The molecule has 4 unspecified atom stereocenters. The highest BCUT2D eigenvalue weighted by Crippen LogP contribution is 2.40. The van der Waals surface area contributed by atoms with Gasteiger partial charge < -0.3 is 46.0 Å². The van der Waals surface area contributed by atoms with Crippen molar-refractivity contribution in [2.45, 2.75) is 106 Å². The number of rotatable bonds is 20. The largest absolute Gasteiger partial charge is 1.00 e. The SMILES string of the molecule is CCC(CC(C)(C)C(=O)OCCN1CCCC1=O)C(=O)NCCC[N+](C)(C)C.CCC1C[N+](C)(C)CC1CC(C)(CC)C(=O)OCCN1CCCC1=O.[Cl-]. The highest BCUT2D eigenvalue weighted by molar-refractivity contribution is 5.81. The Balaban J connectivity index is 0.000000533. The van der Waals surface area contributed by atoms with Gasteiger partial charge in [-0.05, 0) is 65.7 Å². The lowest BCUT2D eigenvalue weighted by molar-refractivity contribution is -0.880. The van der Waals surface area contributed by atoms with Gasteiger partial charge in [-0.15, -0.1) is 0 Å². The molecule has 13 heteroatoms. The van der Waals surface area contributed by atoms with E-state index >= 15 is 0 Å². The van der Waals surface area contributed by atoms with Gasteiger partial charge in [0.05, 0.1) is 78.8 Å². The minimum atomic E-state index is -0.741. The maximum absolute atomic E-state index is 12.8. The van der Waals surface area contributed by atoms with Crippen LogP contribution < -0.4 is 17.7 Å². The van der Waals surface area contributed by atoms with Crippen LogP contribution in [-0.2, 0) is 33.4 Å². The number of carbonyl (C=O) groups excluding carboxylic acids is 5. The molecule has 3 aliphatic heterocycles. The second-order valence-corrected chi connectivity index (χ2v) is 18.4. The second-order valence-electron chi connectivity index (χ2n) is 18.4. The van der Waals surface area contributed by atoms with Crippen LogP contribution in [0.25, 0.3) is 0 Å². The van der Waals surface area contributed by atoms with Gasteiger partial charge in [0.15, 0.2) is 0 Å². The maximum atomic E-state index is 12.8. The Hall–Kier alpha value is -2.44. The summed E-state index contributed by atoms with van der Waals surface area (Å²) in [6, 6.07) is 0. The first-order chi connectivity index (χ1) is 24.7. The number of esters is 2. The van der Waals surface area contributed by atoms with Gasteiger partial charge in [0.25, 0.3) is 0 Å². The van der Waals surface area contributed by atoms with Crippen molar-refractivity contribution in [3.63, 3.8) is 0 Å². The Bertz CT molecular complexity index is 1220. The van der Waals surface area contributed by atoms with Crippen molar-refractivity contribution in [3.8, 4) is 0 Å². The first-order valence-corrected chi connectivity index (χ1v) is 20.5. The summed E-state index contributed by atoms with van der Waals surface area (Å²) in [4.78, 5) is 64.6. The van der Waals surface area contributed by atoms with Crippen molar-refractivity contribution < 1.29 is 54.8 Å². The van der Waals surface area contributed by atoms with E-state index in [1.165, 1.54) is 13.0 Å². The van der Waals surface area contributed by atoms with Gasteiger partial charge in [0.1, 0.15) is 13.2 Å². The lowest BCUT2D eigenvalue weighted by Crippen LogP contribution is -3.00. The molecule has 0 saturated carbocycles. The Morgan fingerprint density at radius 3 is 1.83 bits per heavy atom. The number of likely N-dealkylation sites (tertiary alicyclic amines) is 3. The van der Waals surface area contributed by atoms with Crippen LogP contribution in [0, 0.1) is 28.6 Å². The number of hydrogen-bond donors (Lipinski definition) is 1. The molecule has 0 aromatic carbocycles. The molecule has 0 aliphatic carbocycles. The van der Waals surface area contributed by atoms with Crippen LogP contribution in [0.4, 0.5) is 0 Å². The van der Waals surface area contributed by atoms with E-state index in [4.69, 9.17) is 9.47 Å². The predicted molar refractivity (Wildman–Crippen MR) is 208 cm³/mol. The Labute approximate surface area is 334 Å². The number of nitrogens with zero attached hydrogens (tertiary/aromatic N) is 4. The number of halogens is 1. The van der Waals surface area contributed by atoms with Crippen molar-refractivity contribution in [3.05, 3.63) is 0 Å². The summed E-state index contributed by atoms with van der Waals surface area (Å²) in [6.45, 7) is 19.1. The lowest BCUT2D eigenvalue weighted by atomic mass is 9.75. The number of quaternary nitrogens is 2. The van der Waals surface area contributed by atoms with Gasteiger partial charge >= 0.3 is 11.9 Å². The fraction of sp³-hybridized carbons (Fsp3) is 0.878. The fourth-order valence-electron chi connectivity index (χ4n) is 8.07. The summed E-state index contributed by atoms with van der Waals surface area (Å²) in [7, 11) is 11.0. The van der Waals surface area contributed by atoms with Crippen molar-refractivity contribution in [1.82, 2.24) is 15.1 Å². The van der Waals surface area contributed by atoms with E-state index in [-0.39, 0.29) is 54.6 Å². The smallest absolute Gasteiger partial charge is 0.311 e. The summed E-state index contributed by atoms with van der Waals surface area (Å²) in [5.41, 5.74) is -1.16. The summed E-state index contributed by atoms with van der Waals surface area (Å²) in [5, 5.41) is 3.01. The summed E-state index contributed by atoms with van der Waals surface area (Å²) < 4.78 is 12.9. The molecule has 54 heavy (non-hydrogen) atoms. The highest BCUT2D eigenvalue weighted by Gasteiger charge is 2.45. The predicted octanol–water partition coefficient (Wildman–Crippen LogP) is 1.50. The molecule has 12 nitrogen and oxygen atoms in total. The molecule has 0 spiro atoms. The van der Waals surface area contributed by atoms with Crippen LogP contribution in [0.2, 0.25) is 0 Å². The van der Waals surface area contributed by atoms with E-state index < -0.39 is 10.8 Å². The van der Waals surface area contributed by atoms with E-state index in [1.807, 2.05) is 20.8 Å². The zero-order chi connectivity index (χ0) is 40.0. The van der Waals surface area contributed by atoms with Crippen LogP contribution in [0.5, 0.6) is 0 Å². The van der Waals surface area contributed by atoms with Crippen molar-refractivity contribution >= 4 is 29.7 Å². The zero-order valence-corrected chi connectivity index (χ0v) is 36.7. The van der Waals surface area contributed by atoms with E-state index in [9.17, 15) is 24.0 Å². The van der Waals surface area contributed by atoms with Crippen LogP contribution >= 0.6 is 0 Å². The number of nitrogens with one attached hydrogen (secondary N) is 1. The average molecular weight is 788 g/mol. The topological polar surface area (TPSA) is 122 Å². The minimum Gasteiger partial charge on any atom is -1.00 e. The van der Waals surface area contributed by atoms with Crippen LogP contribution in [-0.4, -0.2) is 149 Å². The van der Waals surface area contributed by atoms with Crippen molar-refractivity contribution in [2.24, 2.45) is 28.6 Å². The first-order valence-electron chi connectivity index (χ1n) is 20.5. The van der Waals surface area contributed by atoms with Gasteiger partial charge in [-0.1, -0.05) is 20.8 Å². The van der Waals surface area contributed by atoms with Crippen LogP contribution in [0.3, 0.4) is 0 Å². The third-order valence-electron chi connectivity index (χ3n) is 11.6. The van der Waals surface area contributed by atoms with E-state index in [2.05, 4.69) is 61.3 Å². The molecule has 0 aromatic heterocycles. The van der Waals surface area contributed by atoms with Crippen LogP contribution in [0.1, 0.15) is 106 Å². The molecule has 0 aromatic rings. The van der Waals surface area contributed by atoms with Crippen molar-refractivity contribution in [1.29, 1.82) is 0 Å². The highest BCUT2D eigenvalue weighted by atomic mass is 35.5. The molecular weight excluding hydrogens is 710 g/mol. The minimum absolute atomic E-state index is 0. The summed E-state index contributed by atoms with van der Waals surface area (Å²) in [5.74, 6) is 0.978. The van der Waals surface area contributed by atoms with Gasteiger partial charge in [-0.3, -0.25) is 24.0 Å². The van der Waals surface area contributed by atoms with E-state index in [1.54, 1.807) is 9.80 Å². The monoisotopic (exact) mass is 787 g/mol. The van der Waals surface area contributed by atoms with Gasteiger partial charge in [-0.25, -0.2) is 0 Å². The average Bonchev–Trinajstić information content (AvgIpc) is 3.78. The molecule has 3 heterocycles. The molecular formula is C41H77ClN5O7+. The fourth-order valence-corrected chi connectivity index (χ4v) is 8.07. The number of carbonyl (C=O) groups is 5. The normalized spacial score (nSPS) is 21.5. The van der Waals surface area contributed by atoms with Crippen LogP contribution in [0.15, 0.2) is 0 Å². The number of hydrogen-bond acceptors (Lipinski definition) is 7. The Kier molecular flexibility index (Phi) is 20.5. The Morgan fingerprint density at radius 2 is 1.39 bits per heavy atom. The molecule has 3 saturated heterocycles. The second kappa shape index (κ2) is 22.3. The number of ether oxygens (including phenoxy) is 2. The molecule has 0 bridgehead atoms. The molecule has 314 valence electrons. The quantitative estimate of drug-likeness (QED) is 0.113. The van der Waals surface area contributed by atoms with E-state index in [0.29, 0.717) is 63.8 Å². The molecule has 1 N–H and O–H groups in total. The molecule has 3 rings (SSSR count). The van der Waals surface area contributed by atoms with Gasteiger partial charge in [0, 0.05) is 56.7 Å². The standard InChI is InChI=1S/C21H39N3O4.C20H37N2O3.ClH/c1-7-17(19(26)22-11-9-14-24(4,5)6)16-21(2,3)20(27)28-15-13-23-12-8-10-18(23)25;1-6-16-14-22(4,5)15-17(16)13-20(3,7-2)19(24)25-12-11-21-10-8-9-18(21)23;/h17H,7-16H2,1-6H3;16-17H,6-15H2,1-5H3;1H/q;+1;. The molecule has 0 radical (unpaired) electrons. The third kappa shape index (κ3) is 16.3. The van der Waals surface area contributed by atoms with Gasteiger partial charge in [0.2, 0.25) is 17.7 Å². The molecule has 3 aliphatic rings. The van der Waals surface area contributed by atoms with E-state index in [0.717, 1.165) is 67.2 Å². The summed E-state index contributed by atoms with van der Waals surface area (Å²) in [6.07, 6.45) is 7.96. The molecule has 3 amide bonds. The molecule has 3 fully saturated rings. The first kappa shape index (κ1) is 49.6. The maximum Gasteiger partial charge on any atom is 0.311 e. The lowest BCUT2D eigenvalue weighted by Gasteiger charge is -2.30.